The van der Waals surface area contributed by atoms with Crippen LogP contribution in [-0.4, -0.2) is 30.4 Å². The topological polar surface area (TPSA) is 97.1 Å². The summed E-state index contributed by atoms with van der Waals surface area (Å²) in [6.45, 7) is 2.01. The minimum atomic E-state index is -0.272. The summed E-state index contributed by atoms with van der Waals surface area (Å²) in [4.78, 5) is 26.7. The third kappa shape index (κ3) is 3.75. The number of nitrogens with two attached hydrogens (primary N) is 1. The fraction of sp³-hybridized carbons (Fsp3) is 0.364. The standard InChI is InChI=1S/C11H16N4O2/c1-7-9(5-8(12)6-15-7)11(17)14-4-3-10(16)13-2/h5-6H,3-4,12H2,1-2H3,(H,13,16)(H,14,17). The predicted molar refractivity (Wildman–Crippen MR) is 64.4 cm³/mol. The van der Waals surface area contributed by atoms with Crippen LogP contribution < -0.4 is 16.4 Å². The molecule has 0 saturated carbocycles. The second-order valence-electron chi connectivity index (χ2n) is 3.58. The van der Waals surface area contributed by atoms with Gasteiger partial charge in [0.15, 0.2) is 0 Å². The van der Waals surface area contributed by atoms with E-state index < -0.39 is 0 Å². The zero-order valence-electron chi connectivity index (χ0n) is 9.91. The quantitative estimate of drug-likeness (QED) is 0.676. The lowest BCUT2D eigenvalue weighted by Gasteiger charge is -2.07. The van der Waals surface area contributed by atoms with Gasteiger partial charge in [-0.15, -0.1) is 0 Å². The van der Waals surface area contributed by atoms with Crippen LogP contribution in [0.25, 0.3) is 0 Å². The van der Waals surface area contributed by atoms with Crippen molar-refractivity contribution in [1.82, 2.24) is 15.6 Å². The van der Waals surface area contributed by atoms with Crippen LogP contribution in [0.5, 0.6) is 0 Å². The summed E-state index contributed by atoms with van der Waals surface area (Å²) in [6, 6.07) is 1.57. The van der Waals surface area contributed by atoms with Gasteiger partial charge in [-0.3, -0.25) is 14.6 Å². The van der Waals surface area contributed by atoms with Gasteiger partial charge in [-0.25, -0.2) is 0 Å². The van der Waals surface area contributed by atoms with Crippen LogP contribution in [0.2, 0.25) is 0 Å². The van der Waals surface area contributed by atoms with Gasteiger partial charge in [-0.2, -0.15) is 0 Å². The Morgan fingerprint density at radius 2 is 2.18 bits per heavy atom. The van der Waals surface area contributed by atoms with E-state index in [-0.39, 0.29) is 24.8 Å². The first-order chi connectivity index (χ1) is 8.04. The van der Waals surface area contributed by atoms with E-state index in [0.29, 0.717) is 16.9 Å². The highest BCUT2D eigenvalue weighted by molar-refractivity contribution is 5.96. The van der Waals surface area contributed by atoms with E-state index >= 15 is 0 Å². The summed E-state index contributed by atoms with van der Waals surface area (Å²) < 4.78 is 0. The highest BCUT2D eigenvalue weighted by atomic mass is 16.2. The second-order valence-corrected chi connectivity index (χ2v) is 3.58. The minimum Gasteiger partial charge on any atom is -0.397 e. The van der Waals surface area contributed by atoms with Gasteiger partial charge < -0.3 is 16.4 Å². The van der Waals surface area contributed by atoms with Crippen molar-refractivity contribution in [3.63, 3.8) is 0 Å². The smallest absolute Gasteiger partial charge is 0.253 e. The number of anilines is 1. The van der Waals surface area contributed by atoms with Gasteiger partial charge in [0.25, 0.3) is 5.91 Å². The molecule has 0 aliphatic heterocycles. The number of carbonyl (C=O) groups excluding carboxylic acids is 2. The Morgan fingerprint density at radius 3 is 2.82 bits per heavy atom. The minimum absolute atomic E-state index is 0.118. The Bertz CT molecular complexity index is 431. The molecule has 1 rings (SSSR count). The molecule has 0 bridgehead atoms. The summed E-state index contributed by atoms with van der Waals surface area (Å²) in [7, 11) is 1.55. The van der Waals surface area contributed by atoms with Crippen LogP contribution in [0.1, 0.15) is 22.5 Å². The summed E-state index contributed by atoms with van der Waals surface area (Å²) >= 11 is 0. The van der Waals surface area contributed by atoms with E-state index in [9.17, 15) is 9.59 Å². The first-order valence-electron chi connectivity index (χ1n) is 5.25. The van der Waals surface area contributed by atoms with E-state index in [2.05, 4.69) is 15.6 Å². The molecule has 1 aromatic heterocycles. The highest BCUT2D eigenvalue weighted by Crippen LogP contribution is 2.08. The van der Waals surface area contributed by atoms with Crippen LogP contribution in [-0.2, 0) is 4.79 Å². The molecular weight excluding hydrogens is 220 g/mol. The molecule has 0 aliphatic rings. The number of nitrogens with one attached hydrogen (secondary N) is 2. The van der Waals surface area contributed by atoms with E-state index in [1.165, 1.54) is 6.20 Å². The van der Waals surface area contributed by atoms with Gasteiger partial charge in [-0.1, -0.05) is 0 Å². The van der Waals surface area contributed by atoms with Crippen molar-refractivity contribution in [2.75, 3.05) is 19.3 Å². The normalized spacial score (nSPS) is 9.76. The number of nitrogens with zero attached hydrogens (tertiary/aromatic N) is 1. The fourth-order valence-electron chi connectivity index (χ4n) is 1.29. The molecule has 0 aromatic carbocycles. The molecule has 0 saturated heterocycles. The third-order valence-electron chi connectivity index (χ3n) is 2.27. The van der Waals surface area contributed by atoms with Gasteiger partial charge >= 0.3 is 0 Å². The molecule has 2 amide bonds. The van der Waals surface area contributed by atoms with Crippen LogP contribution >= 0.6 is 0 Å². The van der Waals surface area contributed by atoms with Gasteiger partial charge in [0.05, 0.1) is 23.1 Å². The highest BCUT2D eigenvalue weighted by Gasteiger charge is 2.10. The molecule has 17 heavy (non-hydrogen) atoms. The van der Waals surface area contributed by atoms with Crippen molar-refractivity contribution in [1.29, 1.82) is 0 Å². The summed E-state index contributed by atoms with van der Waals surface area (Å²) in [6.07, 6.45) is 1.74. The van der Waals surface area contributed by atoms with Crippen molar-refractivity contribution in [2.24, 2.45) is 0 Å². The molecular formula is C11H16N4O2. The van der Waals surface area contributed by atoms with E-state index in [1.54, 1.807) is 20.0 Å². The number of amides is 2. The monoisotopic (exact) mass is 236 g/mol. The molecule has 1 heterocycles. The zero-order chi connectivity index (χ0) is 12.8. The van der Waals surface area contributed by atoms with E-state index in [0.717, 1.165) is 0 Å². The van der Waals surface area contributed by atoms with E-state index in [4.69, 9.17) is 5.73 Å². The lowest BCUT2D eigenvalue weighted by Crippen LogP contribution is -2.29. The number of rotatable bonds is 4. The molecule has 6 heteroatoms. The molecule has 0 fully saturated rings. The van der Waals surface area contributed by atoms with Crippen molar-refractivity contribution < 1.29 is 9.59 Å². The summed E-state index contributed by atoms with van der Waals surface area (Å²) in [5.41, 5.74) is 7.03. The van der Waals surface area contributed by atoms with Crippen LogP contribution in [0, 0.1) is 6.92 Å². The Morgan fingerprint density at radius 1 is 1.47 bits per heavy atom. The molecule has 0 aliphatic carbocycles. The average molecular weight is 236 g/mol. The Kier molecular flexibility index (Phi) is 4.45. The van der Waals surface area contributed by atoms with Crippen molar-refractivity contribution in [2.45, 2.75) is 13.3 Å². The lowest BCUT2D eigenvalue weighted by molar-refractivity contribution is -0.120. The van der Waals surface area contributed by atoms with Crippen molar-refractivity contribution >= 4 is 17.5 Å². The number of hydrogen-bond acceptors (Lipinski definition) is 4. The molecule has 4 N–H and O–H groups in total. The fourth-order valence-corrected chi connectivity index (χ4v) is 1.29. The molecule has 92 valence electrons. The van der Waals surface area contributed by atoms with Crippen LogP contribution in [0.3, 0.4) is 0 Å². The number of nitrogen functional groups attached to an aromatic ring is 1. The maximum absolute atomic E-state index is 11.7. The number of pyridine rings is 1. The largest absolute Gasteiger partial charge is 0.397 e. The number of hydrogen-bond donors (Lipinski definition) is 3. The Hall–Kier alpha value is -2.11. The van der Waals surface area contributed by atoms with Gasteiger partial charge in [0, 0.05) is 20.0 Å². The summed E-state index contributed by atoms with van der Waals surface area (Å²) in [5.74, 6) is -0.390. The first-order valence-corrected chi connectivity index (χ1v) is 5.25. The first kappa shape index (κ1) is 13.0. The third-order valence-corrected chi connectivity index (χ3v) is 2.27. The van der Waals surface area contributed by atoms with Gasteiger partial charge in [-0.05, 0) is 13.0 Å². The van der Waals surface area contributed by atoms with Gasteiger partial charge in [0.2, 0.25) is 5.91 Å². The maximum atomic E-state index is 11.7. The maximum Gasteiger partial charge on any atom is 0.253 e. The lowest BCUT2D eigenvalue weighted by atomic mass is 10.2. The Balaban J connectivity index is 2.58. The zero-order valence-corrected chi connectivity index (χ0v) is 9.91. The van der Waals surface area contributed by atoms with Crippen molar-refractivity contribution in [3.8, 4) is 0 Å². The predicted octanol–water partition coefficient (Wildman–Crippen LogP) is -0.162. The van der Waals surface area contributed by atoms with E-state index in [1.807, 2.05) is 0 Å². The molecule has 0 atom stereocenters. The SMILES string of the molecule is CNC(=O)CCNC(=O)c1cc(N)cnc1C. The van der Waals surface area contributed by atoms with Crippen LogP contribution in [0.4, 0.5) is 5.69 Å². The number of carbonyl (C=O) groups is 2. The molecule has 0 radical (unpaired) electrons. The van der Waals surface area contributed by atoms with Crippen molar-refractivity contribution in [3.05, 3.63) is 23.5 Å². The Labute approximate surface area is 99.6 Å². The number of aromatic nitrogens is 1. The van der Waals surface area contributed by atoms with Crippen LogP contribution in [0.15, 0.2) is 12.3 Å². The molecule has 1 aromatic rings. The molecule has 0 spiro atoms. The second kappa shape index (κ2) is 5.83. The number of aryl methyl sites for hydroxylation is 1. The van der Waals surface area contributed by atoms with Gasteiger partial charge in [0.1, 0.15) is 0 Å². The summed E-state index contributed by atoms with van der Waals surface area (Å²) in [5, 5.41) is 5.11. The molecule has 6 nitrogen and oxygen atoms in total. The average Bonchev–Trinajstić information content (AvgIpc) is 2.31. The molecule has 0 unspecified atom stereocenters.